The first-order valence-corrected chi connectivity index (χ1v) is 12.6. The Hall–Kier alpha value is -3.47. The van der Waals surface area contributed by atoms with Gasteiger partial charge in [0.2, 0.25) is 0 Å². The minimum atomic E-state index is -0.477. The molecule has 36 heavy (non-hydrogen) atoms. The van der Waals surface area contributed by atoms with Gasteiger partial charge in [0.05, 0.1) is 11.6 Å². The molecule has 1 aliphatic carbocycles. The van der Waals surface area contributed by atoms with E-state index in [0.717, 1.165) is 48.1 Å². The average Bonchev–Trinajstić information content (AvgIpc) is 3.04. The minimum absolute atomic E-state index is 0.0121. The van der Waals surface area contributed by atoms with Crippen LogP contribution >= 0.6 is 0 Å². The van der Waals surface area contributed by atoms with Crippen LogP contribution in [0.25, 0.3) is 11.1 Å². The van der Waals surface area contributed by atoms with Gasteiger partial charge in [-0.2, -0.15) is 0 Å². The number of hydrogen-bond acceptors (Lipinski definition) is 5. The van der Waals surface area contributed by atoms with E-state index in [2.05, 4.69) is 23.2 Å². The van der Waals surface area contributed by atoms with E-state index in [0.29, 0.717) is 17.9 Å². The molecule has 0 bridgehead atoms. The van der Waals surface area contributed by atoms with Gasteiger partial charge in [0.1, 0.15) is 18.0 Å². The normalized spacial score (nSPS) is 15.5. The van der Waals surface area contributed by atoms with Crippen LogP contribution in [0.4, 0.5) is 0 Å². The van der Waals surface area contributed by atoms with E-state index in [1.807, 2.05) is 52.0 Å². The Labute approximate surface area is 213 Å². The number of ketones is 1. The zero-order chi connectivity index (χ0) is 25.9. The highest BCUT2D eigenvalue weighted by atomic mass is 16.6. The molecule has 0 fully saturated rings. The standard InChI is InChI=1S/C31H35NO4/c1-20-14-15-32-27(16-20)19-35-29-13-12-24(21(2)33)18-28(29)26-11-7-22-6-8-23(9-10-25(22)17-26)30(34)36-31(3,4)5/h7,11-18,23H,6,8-10,19H2,1-5H3. The highest BCUT2D eigenvalue weighted by molar-refractivity contribution is 5.96. The number of Topliss-reactive ketones (excluding diaryl/α,β-unsaturated/α-hetero) is 1. The van der Waals surface area contributed by atoms with E-state index in [4.69, 9.17) is 9.47 Å². The highest BCUT2D eigenvalue weighted by Gasteiger charge is 2.27. The number of rotatable bonds is 6. The number of ether oxygens (including phenoxy) is 2. The quantitative estimate of drug-likeness (QED) is 0.221. The monoisotopic (exact) mass is 485 g/mol. The molecule has 1 aromatic heterocycles. The van der Waals surface area contributed by atoms with Crippen LogP contribution in [0.2, 0.25) is 0 Å². The Morgan fingerprint density at radius 1 is 0.972 bits per heavy atom. The number of esters is 1. The van der Waals surface area contributed by atoms with Crippen LogP contribution in [0, 0.1) is 12.8 Å². The van der Waals surface area contributed by atoms with Crippen molar-refractivity contribution in [1.82, 2.24) is 4.98 Å². The maximum Gasteiger partial charge on any atom is 0.309 e. The second-order valence-corrected chi connectivity index (χ2v) is 10.7. The Bertz CT molecular complexity index is 1270. The molecule has 0 radical (unpaired) electrons. The maximum atomic E-state index is 12.7. The molecule has 1 aliphatic rings. The minimum Gasteiger partial charge on any atom is -0.487 e. The lowest BCUT2D eigenvalue weighted by Crippen LogP contribution is -2.28. The van der Waals surface area contributed by atoms with Crippen LogP contribution in [0.1, 0.15) is 73.3 Å². The second kappa shape index (κ2) is 10.7. The molecule has 1 heterocycles. The molecule has 2 aromatic carbocycles. The van der Waals surface area contributed by atoms with Gasteiger partial charge in [-0.25, -0.2) is 0 Å². The van der Waals surface area contributed by atoms with E-state index in [1.165, 1.54) is 11.1 Å². The van der Waals surface area contributed by atoms with Crippen LogP contribution < -0.4 is 4.74 Å². The van der Waals surface area contributed by atoms with Gasteiger partial charge in [0.25, 0.3) is 0 Å². The summed E-state index contributed by atoms with van der Waals surface area (Å²) in [6.45, 7) is 9.67. The molecule has 5 heteroatoms. The summed E-state index contributed by atoms with van der Waals surface area (Å²) in [5.41, 5.74) is 6.53. The molecule has 0 spiro atoms. The fourth-order valence-electron chi connectivity index (χ4n) is 4.62. The van der Waals surface area contributed by atoms with Gasteiger partial charge in [0, 0.05) is 17.3 Å². The van der Waals surface area contributed by atoms with Gasteiger partial charge in [0.15, 0.2) is 5.78 Å². The van der Waals surface area contributed by atoms with E-state index < -0.39 is 5.60 Å². The van der Waals surface area contributed by atoms with Gasteiger partial charge in [-0.15, -0.1) is 0 Å². The molecular formula is C31H35NO4. The summed E-state index contributed by atoms with van der Waals surface area (Å²) in [6, 6.07) is 16.0. The first kappa shape index (κ1) is 25.6. The van der Waals surface area contributed by atoms with Gasteiger partial charge < -0.3 is 9.47 Å². The largest absolute Gasteiger partial charge is 0.487 e. The van der Waals surface area contributed by atoms with Crippen molar-refractivity contribution in [2.45, 2.75) is 72.5 Å². The molecule has 0 saturated heterocycles. The summed E-state index contributed by atoms with van der Waals surface area (Å²) in [7, 11) is 0. The first-order chi connectivity index (χ1) is 17.1. The molecular weight excluding hydrogens is 450 g/mol. The number of aromatic nitrogens is 1. The smallest absolute Gasteiger partial charge is 0.309 e. The molecule has 3 aromatic rings. The van der Waals surface area contributed by atoms with Crippen LogP contribution in [-0.2, 0) is 29.0 Å². The van der Waals surface area contributed by atoms with E-state index in [9.17, 15) is 9.59 Å². The van der Waals surface area contributed by atoms with Crippen molar-refractivity contribution < 1.29 is 19.1 Å². The fourth-order valence-corrected chi connectivity index (χ4v) is 4.62. The number of carbonyl (C=O) groups is 2. The Morgan fingerprint density at radius 3 is 2.42 bits per heavy atom. The fraction of sp³-hybridized carbons (Fsp3) is 0.387. The molecule has 5 nitrogen and oxygen atoms in total. The van der Waals surface area contributed by atoms with Crippen molar-refractivity contribution >= 4 is 11.8 Å². The van der Waals surface area contributed by atoms with Crippen molar-refractivity contribution in [1.29, 1.82) is 0 Å². The van der Waals surface area contributed by atoms with Crippen LogP contribution in [0.3, 0.4) is 0 Å². The molecule has 4 rings (SSSR count). The number of fused-ring (bicyclic) bond motifs is 1. The van der Waals surface area contributed by atoms with Crippen molar-refractivity contribution in [2.75, 3.05) is 0 Å². The summed E-state index contributed by atoms with van der Waals surface area (Å²) >= 11 is 0. The van der Waals surface area contributed by atoms with Gasteiger partial charge in [-0.3, -0.25) is 14.6 Å². The molecule has 0 saturated carbocycles. The van der Waals surface area contributed by atoms with Crippen molar-refractivity contribution in [2.24, 2.45) is 5.92 Å². The summed E-state index contributed by atoms with van der Waals surface area (Å²) in [5.74, 6) is 0.522. The SMILES string of the molecule is CC(=O)c1ccc(OCc2cc(C)ccn2)c(-c2ccc3c(c2)CCC(C(=O)OC(C)(C)C)CC3)c1. The molecule has 0 aliphatic heterocycles. The number of carbonyl (C=O) groups excluding carboxylic acids is 2. The second-order valence-electron chi connectivity index (χ2n) is 10.7. The zero-order valence-corrected chi connectivity index (χ0v) is 21.9. The third-order valence-corrected chi connectivity index (χ3v) is 6.52. The summed E-state index contributed by atoms with van der Waals surface area (Å²) < 4.78 is 11.9. The van der Waals surface area contributed by atoms with Crippen molar-refractivity contribution in [3.8, 4) is 16.9 Å². The van der Waals surface area contributed by atoms with Gasteiger partial charge in [-0.05, 0) is 113 Å². The Morgan fingerprint density at radius 2 is 1.72 bits per heavy atom. The molecule has 1 atom stereocenters. The van der Waals surface area contributed by atoms with Crippen LogP contribution in [0.5, 0.6) is 5.75 Å². The third kappa shape index (κ3) is 6.39. The van der Waals surface area contributed by atoms with Crippen LogP contribution in [-0.4, -0.2) is 22.3 Å². The van der Waals surface area contributed by atoms with Crippen LogP contribution in [0.15, 0.2) is 54.7 Å². The van der Waals surface area contributed by atoms with E-state index in [-0.39, 0.29) is 17.7 Å². The van der Waals surface area contributed by atoms with Crippen molar-refractivity contribution in [3.63, 3.8) is 0 Å². The highest BCUT2D eigenvalue weighted by Crippen LogP contribution is 2.35. The third-order valence-electron chi connectivity index (χ3n) is 6.52. The zero-order valence-electron chi connectivity index (χ0n) is 21.9. The van der Waals surface area contributed by atoms with Gasteiger partial charge in [-0.1, -0.05) is 18.2 Å². The maximum absolute atomic E-state index is 12.7. The summed E-state index contributed by atoms with van der Waals surface area (Å²) in [4.78, 5) is 29.2. The summed E-state index contributed by atoms with van der Waals surface area (Å²) in [5, 5.41) is 0. The lowest BCUT2D eigenvalue weighted by atomic mass is 9.94. The van der Waals surface area contributed by atoms with Gasteiger partial charge >= 0.3 is 5.97 Å². The number of aryl methyl sites for hydroxylation is 3. The molecule has 0 amide bonds. The first-order valence-electron chi connectivity index (χ1n) is 12.6. The Kier molecular flexibility index (Phi) is 7.58. The van der Waals surface area contributed by atoms with E-state index in [1.54, 1.807) is 19.2 Å². The lowest BCUT2D eigenvalue weighted by molar-refractivity contribution is -0.160. The molecule has 188 valence electrons. The predicted molar refractivity (Wildman–Crippen MR) is 141 cm³/mol. The summed E-state index contributed by atoms with van der Waals surface area (Å²) in [6.07, 6.45) is 4.99. The molecule has 0 N–H and O–H groups in total. The number of benzene rings is 2. The van der Waals surface area contributed by atoms with Crippen molar-refractivity contribution in [3.05, 3.63) is 82.7 Å². The number of nitrogens with zero attached hydrogens (tertiary/aromatic N) is 1. The number of hydrogen-bond donors (Lipinski definition) is 0. The average molecular weight is 486 g/mol. The number of pyridine rings is 1. The van der Waals surface area contributed by atoms with E-state index >= 15 is 0 Å². The molecule has 1 unspecified atom stereocenters. The predicted octanol–water partition coefficient (Wildman–Crippen LogP) is 6.68. The lowest BCUT2D eigenvalue weighted by Gasteiger charge is -2.23. The topological polar surface area (TPSA) is 65.5 Å². The Balaban J connectivity index is 1.60.